The van der Waals surface area contributed by atoms with E-state index >= 15 is 0 Å². The molecule has 0 fully saturated rings. The van der Waals surface area contributed by atoms with E-state index in [-0.39, 0.29) is 17.4 Å². The minimum Gasteiger partial charge on any atom is -0.491 e. The van der Waals surface area contributed by atoms with Crippen LogP contribution in [0.1, 0.15) is 52.7 Å². The molecule has 0 heterocycles. The highest BCUT2D eigenvalue weighted by Gasteiger charge is 2.23. The molecule has 51 heavy (non-hydrogen) atoms. The van der Waals surface area contributed by atoms with Crippen molar-refractivity contribution in [2.24, 2.45) is 0 Å². The smallest absolute Gasteiger partial charge is 0.123 e. The number of benzene rings is 1. The van der Waals surface area contributed by atoms with E-state index in [0.717, 1.165) is 5.75 Å². The zero-order valence-electron chi connectivity index (χ0n) is 32.5. The lowest BCUT2D eigenvalue weighted by molar-refractivity contribution is -0.0280. The number of hydrogen-bond acceptors (Lipinski definition) is 13. The summed E-state index contributed by atoms with van der Waals surface area (Å²) < 4.78 is 66.1. The van der Waals surface area contributed by atoms with Crippen LogP contribution in [0.2, 0.25) is 0 Å². The lowest BCUT2D eigenvalue weighted by Crippen LogP contribution is -2.19. The SMILES string of the molecule is CC(C)(C)c1ccc(OCCOCCOCCOCCOCCOCCOCCOCCOCCOCCOCCOCCO)c(C(C)(C)C)c1. The minimum atomic E-state index is -0.00547. The molecule has 0 bridgehead atoms. The summed E-state index contributed by atoms with van der Waals surface area (Å²) in [6, 6.07) is 6.51. The van der Waals surface area contributed by atoms with Crippen molar-refractivity contribution in [1.82, 2.24) is 0 Å². The van der Waals surface area contributed by atoms with E-state index in [0.29, 0.717) is 152 Å². The quantitative estimate of drug-likeness (QED) is 0.100. The number of hydrogen-bond donors (Lipinski definition) is 1. The highest BCUT2D eigenvalue weighted by molar-refractivity contribution is 5.43. The van der Waals surface area contributed by atoms with Gasteiger partial charge in [0.2, 0.25) is 0 Å². The Morgan fingerprint density at radius 2 is 0.647 bits per heavy atom. The first-order chi connectivity index (χ1) is 24.7. The van der Waals surface area contributed by atoms with Crippen molar-refractivity contribution in [1.29, 1.82) is 0 Å². The Morgan fingerprint density at radius 3 is 0.902 bits per heavy atom. The Balaban J connectivity index is 1.77. The second-order valence-corrected chi connectivity index (χ2v) is 13.5. The molecule has 0 saturated heterocycles. The zero-order valence-corrected chi connectivity index (χ0v) is 32.5. The normalized spacial score (nSPS) is 12.2. The molecule has 0 radical (unpaired) electrons. The molecule has 0 unspecified atom stereocenters. The predicted octanol–water partition coefficient (Wildman–Crippen LogP) is 3.84. The van der Waals surface area contributed by atoms with E-state index in [1.807, 2.05) is 0 Å². The largest absolute Gasteiger partial charge is 0.491 e. The van der Waals surface area contributed by atoms with Gasteiger partial charge >= 0.3 is 0 Å². The van der Waals surface area contributed by atoms with Crippen molar-refractivity contribution in [2.75, 3.05) is 159 Å². The van der Waals surface area contributed by atoms with Gasteiger partial charge in [-0.25, -0.2) is 0 Å². The number of rotatable bonds is 36. The summed E-state index contributed by atoms with van der Waals surface area (Å²) >= 11 is 0. The fourth-order valence-electron chi connectivity index (χ4n) is 4.28. The second-order valence-electron chi connectivity index (χ2n) is 13.5. The van der Waals surface area contributed by atoms with Crippen molar-refractivity contribution in [3.8, 4) is 5.75 Å². The lowest BCUT2D eigenvalue weighted by atomic mass is 9.80. The van der Waals surface area contributed by atoms with Crippen LogP contribution in [0.3, 0.4) is 0 Å². The van der Waals surface area contributed by atoms with Gasteiger partial charge in [0.25, 0.3) is 0 Å². The van der Waals surface area contributed by atoms with Crippen molar-refractivity contribution in [3.05, 3.63) is 29.3 Å². The zero-order chi connectivity index (χ0) is 37.3. The molecule has 13 heteroatoms. The standard InChI is InChI=1S/C38H70O13/c1-37(2,3)34-7-8-36(35(33-34)38(4,5)6)51-32-31-50-30-29-49-28-27-48-26-25-47-24-23-46-22-21-45-20-19-44-18-17-43-16-15-42-14-13-41-12-11-40-10-9-39/h7-8,33,39H,9-32H2,1-6H3. The fourth-order valence-corrected chi connectivity index (χ4v) is 4.28. The third kappa shape index (κ3) is 28.7. The Kier molecular flexibility index (Phi) is 29.9. The summed E-state index contributed by atoms with van der Waals surface area (Å²) in [6.45, 7) is 24.7. The first-order valence-corrected chi connectivity index (χ1v) is 18.4. The van der Waals surface area contributed by atoms with Gasteiger partial charge in [0.15, 0.2) is 0 Å². The molecule has 1 N–H and O–H groups in total. The van der Waals surface area contributed by atoms with E-state index in [1.54, 1.807) is 0 Å². The molecule has 300 valence electrons. The molecule has 0 aliphatic carbocycles. The van der Waals surface area contributed by atoms with Crippen LogP contribution in [0.25, 0.3) is 0 Å². The third-order valence-corrected chi connectivity index (χ3v) is 7.09. The molecule has 1 aromatic carbocycles. The number of aliphatic hydroxyl groups excluding tert-OH is 1. The van der Waals surface area contributed by atoms with Crippen molar-refractivity contribution in [3.63, 3.8) is 0 Å². The average molecular weight is 735 g/mol. The Morgan fingerprint density at radius 1 is 0.373 bits per heavy atom. The molecule has 13 nitrogen and oxygen atoms in total. The van der Waals surface area contributed by atoms with Gasteiger partial charge < -0.3 is 61.9 Å². The van der Waals surface area contributed by atoms with Crippen LogP contribution in [0.4, 0.5) is 0 Å². The van der Waals surface area contributed by atoms with Crippen LogP contribution in [0, 0.1) is 0 Å². The first-order valence-electron chi connectivity index (χ1n) is 18.4. The van der Waals surface area contributed by atoms with Gasteiger partial charge in [-0.15, -0.1) is 0 Å². The Bertz CT molecular complexity index is 905. The molecular formula is C38H70O13. The monoisotopic (exact) mass is 734 g/mol. The van der Waals surface area contributed by atoms with Crippen LogP contribution in [0.5, 0.6) is 5.75 Å². The molecule has 0 aliphatic rings. The fraction of sp³-hybridized carbons (Fsp3) is 0.842. The summed E-state index contributed by atoms with van der Waals surface area (Å²) in [5.41, 5.74) is 2.61. The van der Waals surface area contributed by atoms with Crippen molar-refractivity contribution >= 4 is 0 Å². The van der Waals surface area contributed by atoms with Crippen LogP contribution in [-0.2, 0) is 62.9 Å². The summed E-state index contributed by atoms with van der Waals surface area (Å²) in [6.07, 6.45) is 0. The average Bonchev–Trinajstić information content (AvgIpc) is 3.09. The van der Waals surface area contributed by atoms with Crippen molar-refractivity contribution < 1.29 is 61.9 Å². The van der Waals surface area contributed by atoms with Crippen LogP contribution in [0.15, 0.2) is 18.2 Å². The molecule has 0 spiro atoms. The maximum atomic E-state index is 8.59. The summed E-state index contributed by atoms with van der Waals surface area (Å²) in [7, 11) is 0. The maximum absolute atomic E-state index is 8.59. The van der Waals surface area contributed by atoms with E-state index < -0.39 is 0 Å². The second kappa shape index (κ2) is 32.0. The van der Waals surface area contributed by atoms with Crippen molar-refractivity contribution in [2.45, 2.75) is 52.4 Å². The summed E-state index contributed by atoms with van der Waals surface area (Å²) in [5, 5.41) is 8.59. The van der Waals surface area contributed by atoms with Gasteiger partial charge in [-0.05, 0) is 28.0 Å². The van der Waals surface area contributed by atoms with Gasteiger partial charge in [0.1, 0.15) is 12.4 Å². The third-order valence-electron chi connectivity index (χ3n) is 7.09. The summed E-state index contributed by atoms with van der Waals surface area (Å²) in [5.74, 6) is 0.919. The number of ether oxygens (including phenoxy) is 12. The van der Waals surface area contributed by atoms with Crippen LogP contribution < -0.4 is 4.74 Å². The molecule has 0 aliphatic heterocycles. The minimum absolute atomic E-state index is 0.00547. The van der Waals surface area contributed by atoms with Gasteiger partial charge in [-0.2, -0.15) is 0 Å². The van der Waals surface area contributed by atoms with Gasteiger partial charge in [0, 0.05) is 0 Å². The van der Waals surface area contributed by atoms with E-state index in [2.05, 4.69) is 59.7 Å². The lowest BCUT2D eigenvalue weighted by Gasteiger charge is -2.27. The molecule has 1 rings (SSSR count). The van der Waals surface area contributed by atoms with Crippen LogP contribution >= 0.6 is 0 Å². The van der Waals surface area contributed by atoms with E-state index in [9.17, 15) is 0 Å². The molecule has 1 aromatic rings. The van der Waals surface area contributed by atoms with Gasteiger partial charge in [-0.1, -0.05) is 53.7 Å². The predicted molar refractivity (Wildman–Crippen MR) is 195 cm³/mol. The maximum Gasteiger partial charge on any atom is 0.123 e. The van der Waals surface area contributed by atoms with E-state index in [1.165, 1.54) is 11.1 Å². The number of aliphatic hydroxyl groups is 1. The highest BCUT2D eigenvalue weighted by Crippen LogP contribution is 2.35. The molecule has 0 atom stereocenters. The molecular weight excluding hydrogens is 664 g/mol. The molecule has 0 amide bonds. The van der Waals surface area contributed by atoms with Gasteiger partial charge in [-0.3, -0.25) is 0 Å². The first kappa shape index (κ1) is 47.6. The summed E-state index contributed by atoms with van der Waals surface area (Å²) in [4.78, 5) is 0. The van der Waals surface area contributed by atoms with E-state index in [4.69, 9.17) is 61.9 Å². The Hall–Kier alpha value is -1.46. The molecule has 0 aromatic heterocycles. The topological polar surface area (TPSA) is 131 Å². The highest BCUT2D eigenvalue weighted by atomic mass is 16.6. The Labute approximate surface area is 307 Å². The molecule has 0 saturated carbocycles. The van der Waals surface area contributed by atoms with Crippen LogP contribution in [-0.4, -0.2) is 164 Å². The van der Waals surface area contributed by atoms with Gasteiger partial charge in [0.05, 0.1) is 152 Å².